The van der Waals surface area contributed by atoms with Gasteiger partial charge in [0, 0.05) is 0 Å². The van der Waals surface area contributed by atoms with Gasteiger partial charge in [-0.2, -0.15) is 5.26 Å². The Morgan fingerprint density at radius 1 is 1.35 bits per heavy atom. The fourth-order valence-electron chi connectivity index (χ4n) is 1.83. The number of unbranched alkanes of at least 4 members (excludes halogenated alkanes) is 1. The second-order valence-corrected chi connectivity index (χ2v) is 7.53. The van der Waals surface area contributed by atoms with E-state index in [1.165, 1.54) is 6.07 Å². The van der Waals surface area contributed by atoms with Crippen LogP contribution >= 0.6 is 0 Å². The second-order valence-electron chi connectivity index (χ2n) is 5.45. The Labute approximate surface area is 119 Å². The van der Waals surface area contributed by atoms with Gasteiger partial charge in [0.05, 0.1) is 27.8 Å². The fourth-order valence-corrected chi connectivity index (χ4v) is 3.32. The van der Waals surface area contributed by atoms with Crippen molar-refractivity contribution in [2.75, 3.05) is 11.5 Å². The Hall–Kier alpha value is -1.61. The van der Waals surface area contributed by atoms with Crippen LogP contribution in [0, 0.1) is 22.6 Å². The zero-order valence-electron chi connectivity index (χ0n) is 11.7. The minimum absolute atomic E-state index is 0.0292. The summed E-state index contributed by atoms with van der Waals surface area (Å²) in [6.45, 7) is 3.64. The lowest BCUT2D eigenvalue weighted by molar-refractivity contribution is 0.431. The minimum atomic E-state index is -3.51. The first kappa shape index (κ1) is 16.4. The molecule has 1 rings (SSSR count). The number of nitriles is 1. The smallest absolute Gasteiger partial charge is 0.180 e. The van der Waals surface area contributed by atoms with Crippen molar-refractivity contribution in [1.29, 1.82) is 5.26 Å². The summed E-state index contributed by atoms with van der Waals surface area (Å²) in [5.74, 6) is -0.609. The number of rotatable bonds is 6. The van der Waals surface area contributed by atoms with Gasteiger partial charge in [0.15, 0.2) is 9.84 Å². The molecule has 0 saturated carbocycles. The molecule has 0 spiro atoms. The standard InChI is InChI=1S/C14H19FN2O2S/c1-14(2,10-16)7-3-4-8-20(18,19)13-6-5-11(15)9-12(13)17/h5-6,9H,3-4,7-8,17H2,1-2H3. The maximum atomic E-state index is 12.9. The molecule has 0 radical (unpaired) electrons. The minimum Gasteiger partial charge on any atom is -0.398 e. The van der Waals surface area contributed by atoms with Crippen LogP contribution < -0.4 is 5.73 Å². The summed E-state index contributed by atoms with van der Waals surface area (Å²) in [6, 6.07) is 5.46. The molecule has 0 saturated heterocycles. The Balaban J connectivity index is 2.65. The zero-order chi connectivity index (χ0) is 15.4. The third kappa shape index (κ3) is 4.49. The molecule has 6 heteroatoms. The monoisotopic (exact) mass is 298 g/mol. The maximum Gasteiger partial charge on any atom is 0.180 e. The van der Waals surface area contributed by atoms with E-state index in [1.807, 2.05) is 13.8 Å². The second kappa shape index (κ2) is 6.23. The van der Waals surface area contributed by atoms with E-state index in [0.717, 1.165) is 12.1 Å². The molecule has 1 aromatic rings. The van der Waals surface area contributed by atoms with E-state index in [-0.39, 0.29) is 16.3 Å². The molecule has 4 nitrogen and oxygen atoms in total. The number of nitrogen functional groups attached to an aromatic ring is 1. The summed E-state index contributed by atoms with van der Waals surface area (Å²) in [5, 5.41) is 8.87. The zero-order valence-corrected chi connectivity index (χ0v) is 12.5. The summed E-state index contributed by atoms with van der Waals surface area (Å²) in [6.07, 6.45) is 1.73. The van der Waals surface area contributed by atoms with Crippen molar-refractivity contribution in [3.63, 3.8) is 0 Å². The van der Waals surface area contributed by atoms with Crippen molar-refractivity contribution in [2.24, 2.45) is 5.41 Å². The van der Waals surface area contributed by atoms with E-state index < -0.39 is 21.1 Å². The van der Waals surface area contributed by atoms with Gasteiger partial charge in [-0.25, -0.2) is 12.8 Å². The average Bonchev–Trinajstić information content (AvgIpc) is 2.34. The van der Waals surface area contributed by atoms with Crippen molar-refractivity contribution >= 4 is 15.5 Å². The van der Waals surface area contributed by atoms with Crippen LogP contribution in [-0.4, -0.2) is 14.2 Å². The molecule has 1 aromatic carbocycles. The molecule has 0 aromatic heterocycles. The topological polar surface area (TPSA) is 84.0 Å². The third-order valence-electron chi connectivity index (χ3n) is 3.07. The number of nitrogens with zero attached hydrogens (tertiary/aromatic N) is 1. The molecule has 0 unspecified atom stereocenters. The highest BCUT2D eigenvalue weighted by Crippen LogP contribution is 2.24. The molecule has 0 bridgehead atoms. The van der Waals surface area contributed by atoms with E-state index in [0.29, 0.717) is 19.3 Å². The van der Waals surface area contributed by atoms with Crippen LogP contribution in [0.2, 0.25) is 0 Å². The highest BCUT2D eigenvalue weighted by atomic mass is 32.2. The first-order valence-electron chi connectivity index (χ1n) is 6.37. The van der Waals surface area contributed by atoms with Gasteiger partial charge >= 0.3 is 0 Å². The summed E-state index contributed by atoms with van der Waals surface area (Å²) in [5.41, 5.74) is 5.03. The van der Waals surface area contributed by atoms with Crippen LogP contribution in [0.25, 0.3) is 0 Å². The molecule has 110 valence electrons. The lowest BCUT2D eigenvalue weighted by Crippen LogP contribution is -2.12. The van der Waals surface area contributed by atoms with Gasteiger partial charge in [-0.15, -0.1) is 0 Å². The van der Waals surface area contributed by atoms with Crippen LogP contribution in [0.1, 0.15) is 33.1 Å². The first-order chi connectivity index (χ1) is 9.18. The molecular formula is C14H19FN2O2S. The van der Waals surface area contributed by atoms with Crippen molar-refractivity contribution < 1.29 is 12.8 Å². The summed E-state index contributed by atoms with van der Waals surface area (Å²) in [4.78, 5) is -0.0292. The summed E-state index contributed by atoms with van der Waals surface area (Å²) in [7, 11) is -3.51. The average molecular weight is 298 g/mol. The molecular weight excluding hydrogens is 279 g/mol. The number of nitrogens with two attached hydrogens (primary N) is 1. The van der Waals surface area contributed by atoms with Crippen LogP contribution in [-0.2, 0) is 9.84 Å². The van der Waals surface area contributed by atoms with Gasteiger partial charge in [0.1, 0.15) is 5.82 Å². The molecule has 0 fully saturated rings. The molecule has 0 aliphatic carbocycles. The number of hydrogen-bond donors (Lipinski definition) is 1. The molecule has 0 heterocycles. The fraction of sp³-hybridized carbons (Fsp3) is 0.500. The predicted molar refractivity (Wildman–Crippen MR) is 76.1 cm³/mol. The molecule has 0 aliphatic rings. The van der Waals surface area contributed by atoms with Crippen molar-refractivity contribution in [2.45, 2.75) is 38.0 Å². The highest BCUT2D eigenvalue weighted by Gasteiger charge is 2.20. The molecule has 0 amide bonds. The van der Waals surface area contributed by atoms with Gasteiger partial charge in [-0.1, -0.05) is 6.42 Å². The quantitative estimate of drug-likeness (QED) is 0.497. The Morgan fingerprint density at radius 3 is 2.55 bits per heavy atom. The number of hydrogen-bond acceptors (Lipinski definition) is 4. The van der Waals surface area contributed by atoms with Gasteiger partial charge in [0.25, 0.3) is 0 Å². The first-order valence-corrected chi connectivity index (χ1v) is 8.02. The Bertz CT molecular complexity index is 619. The molecule has 0 atom stereocenters. The highest BCUT2D eigenvalue weighted by molar-refractivity contribution is 7.91. The van der Waals surface area contributed by atoms with Crippen LogP contribution in [0.5, 0.6) is 0 Å². The van der Waals surface area contributed by atoms with Crippen molar-refractivity contribution in [1.82, 2.24) is 0 Å². The molecule has 20 heavy (non-hydrogen) atoms. The van der Waals surface area contributed by atoms with Crippen LogP contribution in [0.4, 0.5) is 10.1 Å². The SMILES string of the molecule is CC(C)(C#N)CCCCS(=O)(=O)c1ccc(F)cc1N. The Morgan fingerprint density at radius 2 is 2.00 bits per heavy atom. The van der Waals surface area contributed by atoms with Gasteiger partial charge in [-0.05, 0) is 44.9 Å². The third-order valence-corrected chi connectivity index (χ3v) is 4.94. The van der Waals surface area contributed by atoms with E-state index in [4.69, 9.17) is 11.0 Å². The summed E-state index contributed by atoms with van der Waals surface area (Å²) < 4.78 is 37.1. The van der Waals surface area contributed by atoms with Crippen molar-refractivity contribution in [3.8, 4) is 6.07 Å². The van der Waals surface area contributed by atoms with Gasteiger partial charge in [0.2, 0.25) is 0 Å². The van der Waals surface area contributed by atoms with Crippen LogP contribution in [0.15, 0.2) is 23.1 Å². The maximum absolute atomic E-state index is 12.9. The number of halogens is 1. The van der Waals surface area contributed by atoms with Crippen molar-refractivity contribution in [3.05, 3.63) is 24.0 Å². The van der Waals surface area contributed by atoms with Gasteiger partial charge < -0.3 is 5.73 Å². The normalized spacial score (nSPS) is 12.1. The number of benzene rings is 1. The number of sulfone groups is 1. The lowest BCUT2D eigenvalue weighted by atomic mass is 9.89. The number of anilines is 1. The predicted octanol–water partition coefficient (Wildman–Crippen LogP) is 2.90. The lowest BCUT2D eigenvalue weighted by Gasteiger charge is -2.14. The van der Waals surface area contributed by atoms with E-state index in [2.05, 4.69) is 6.07 Å². The molecule has 0 aliphatic heterocycles. The summed E-state index contributed by atoms with van der Waals surface area (Å²) >= 11 is 0. The van der Waals surface area contributed by atoms with E-state index in [9.17, 15) is 12.8 Å². The van der Waals surface area contributed by atoms with E-state index >= 15 is 0 Å². The van der Waals surface area contributed by atoms with Crippen LogP contribution in [0.3, 0.4) is 0 Å². The Kier molecular flexibility index (Phi) is 5.12. The van der Waals surface area contributed by atoms with E-state index in [1.54, 1.807) is 0 Å². The molecule has 2 N–H and O–H groups in total. The van der Waals surface area contributed by atoms with Gasteiger partial charge in [-0.3, -0.25) is 0 Å². The largest absolute Gasteiger partial charge is 0.398 e.